The maximum atomic E-state index is 12.5. The largest absolute Gasteiger partial charge is 0.471 e. The van der Waals surface area contributed by atoms with Crippen LogP contribution in [-0.4, -0.2) is 25.2 Å². The summed E-state index contributed by atoms with van der Waals surface area (Å²) in [5.41, 5.74) is 2.97. The van der Waals surface area contributed by atoms with Crippen molar-refractivity contribution in [1.29, 1.82) is 0 Å². The van der Waals surface area contributed by atoms with Crippen LogP contribution < -0.4 is 10.1 Å². The Bertz CT molecular complexity index is 1160. The van der Waals surface area contributed by atoms with Gasteiger partial charge in [-0.15, -0.1) is 0 Å². The molecular formula is C20H18ClN5O2. The number of aryl methyl sites for hydroxylation is 2. The standard InChI is InChI=1S/C20H18ClN5O2/c1-13-11-14(7-8-15(13)21)28-12-26-10-9-17(24-26)19(27)23-20-22-16-5-3-4-6-18(16)25(20)2/h3-11H,12H2,1-2H3,(H,22,23,27). The summed E-state index contributed by atoms with van der Waals surface area (Å²) < 4.78 is 9.07. The van der Waals surface area contributed by atoms with Gasteiger partial charge in [0.05, 0.1) is 11.0 Å². The first kappa shape index (κ1) is 18.1. The Hall–Kier alpha value is -3.32. The summed E-state index contributed by atoms with van der Waals surface area (Å²) in [5, 5.41) is 7.75. The highest BCUT2D eigenvalue weighted by molar-refractivity contribution is 6.31. The van der Waals surface area contributed by atoms with E-state index in [4.69, 9.17) is 16.3 Å². The Balaban J connectivity index is 1.43. The molecule has 2 aromatic heterocycles. The smallest absolute Gasteiger partial charge is 0.278 e. The van der Waals surface area contributed by atoms with Crippen LogP contribution >= 0.6 is 11.6 Å². The number of rotatable bonds is 5. The van der Waals surface area contributed by atoms with Gasteiger partial charge in [0.2, 0.25) is 5.95 Å². The molecule has 1 amide bonds. The van der Waals surface area contributed by atoms with Gasteiger partial charge in [0.15, 0.2) is 12.4 Å². The average molecular weight is 396 g/mol. The molecule has 0 radical (unpaired) electrons. The number of hydrogen-bond donors (Lipinski definition) is 1. The van der Waals surface area contributed by atoms with Crippen molar-refractivity contribution in [2.75, 3.05) is 5.32 Å². The van der Waals surface area contributed by atoms with Crippen molar-refractivity contribution in [3.63, 3.8) is 0 Å². The number of carbonyl (C=O) groups excluding carboxylic acids is 1. The molecule has 0 atom stereocenters. The molecule has 7 nitrogen and oxygen atoms in total. The van der Waals surface area contributed by atoms with Gasteiger partial charge in [-0.1, -0.05) is 23.7 Å². The second-order valence-electron chi connectivity index (χ2n) is 6.36. The van der Waals surface area contributed by atoms with E-state index in [1.165, 1.54) is 0 Å². The maximum absolute atomic E-state index is 12.5. The molecule has 0 spiro atoms. The molecule has 8 heteroatoms. The zero-order chi connectivity index (χ0) is 19.7. The van der Waals surface area contributed by atoms with Crippen LogP contribution in [0.3, 0.4) is 0 Å². The minimum absolute atomic E-state index is 0.181. The number of carbonyl (C=O) groups is 1. The summed E-state index contributed by atoms with van der Waals surface area (Å²) in [4.78, 5) is 17.0. The predicted octanol–water partition coefficient (Wildman–Crippen LogP) is 4.02. The van der Waals surface area contributed by atoms with Gasteiger partial charge in [-0.25, -0.2) is 9.67 Å². The van der Waals surface area contributed by atoms with Gasteiger partial charge < -0.3 is 9.30 Å². The first-order chi connectivity index (χ1) is 13.5. The van der Waals surface area contributed by atoms with Crippen molar-refractivity contribution in [3.05, 3.63) is 71.0 Å². The second kappa shape index (κ2) is 7.36. The second-order valence-corrected chi connectivity index (χ2v) is 6.77. The quantitative estimate of drug-likeness (QED) is 0.553. The lowest BCUT2D eigenvalue weighted by Gasteiger charge is -2.07. The van der Waals surface area contributed by atoms with Crippen molar-refractivity contribution >= 4 is 34.5 Å². The monoisotopic (exact) mass is 395 g/mol. The highest BCUT2D eigenvalue weighted by Crippen LogP contribution is 2.21. The van der Waals surface area contributed by atoms with E-state index in [-0.39, 0.29) is 18.3 Å². The number of imidazole rings is 1. The van der Waals surface area contributed by atoms with Gasteiger partial charge >= 0.3 is 0 Å². The maximum Gasteiger partial charge on any atom is 0.278 e. The summed E-state index contributed by atoms with van der Waals surface area (Å²) in [5.74, 6) is 0.816. The minimum Gasteiger partial charge on any atom is -0.471 e. The number of fused-ring (bicyclic) bond motifs is 1. The Labute approximate surface area is 166 Å². The van der Waals surface area contributed by atoms with E-state index < -0.39 is 0 Å². The van der Waals surface area contributed by atoms with Crippen LogP contribution in [0.2, 0.25) is 5.02 Å². The molecule has 0 aliphatic carbocycles. The molecule has 0 aliphatic rings. The lowest BCUT2D eigenvalue weighted by atomic mass is 10.2. The van der Waals surface area contributed by atoms with E-state index in [2.05, 4.69) is 15.4 Å². The lowest BCUT2D eigenvalue weighted by Crippen LogP contribution is -2.16. The fourth-order valence-corrected chi connectivity index (χ4v) is 2.94. The topological polar surface area (TPSA) is 74.0 Å². The molecule has 0 unspecified atom stereocenters. The van der Waals surface area contributed by atoms with E-state index in [0.717, 1.165) is 16.6 Å². The van der Waals surface area contributed by atoms with Gasteiger partial charge in [0.25, 0.3) is 5.91 Å². The average Bonchev–Trinajstić information content (AvgIpc) is 3.28. The van der Waals surface area contributed by atoms with Gasteiger partial charge in [-0.05, 0) is 48.9 Å². The molecule has 0 saturated heterocycles. The van der Waals surface area contributed by atoms with Gasteiger partial charge in [0, 0.05) is 18.3 Å². The molecule has 1 N–H and O–H groups in total. The number of hydrogen-bond acceptors (Lipinski definition) is 4. The first-order valence-corrected chi connectivity index (χ1v) is 9.04. The minimum atomic E-state index is -0.334. The molecule has 0 aliphatic heterocycles. The number of para-hydroxylation sites is 2. The molecule has 4 rings (SSSR count). The van der Waals surface area contributed by atoms with Gasteiger partial charge in [-0.2, -0.15) is 5.10 Å². The Kier molecular flexibility index (Phi) is 4.75. The van der Waals surface area contributed by atoms with Crippen LogP contribution in [0.4, 0.5) is 5.95 Å². The number of nitrogens with zero attached hydrogens (tertiary/aromatic N) is 4. The van der Waals surface area contributed by atoms with Crippen LogP contribution in [0.1, 0.15) is 16.1 Å². The van der Waals surface area contributed by atoms with Gasteiger partial charge in [0.1, 0.15) is 5.75 Å². The highest BCUT2D eigenvalue weighted by Gasteiger charge is 2.14. The van der Waals surface area contributed by atoms with Crippen molar-refractivity contribution in [2.24, 2.45) is 7.05 Å². The molecule has 0 bridgehead atoms. The Morgan fingerprint density at radius 3 is 2.82 bits per heavy atom. The predicted molar refractivity (Wildman–Crippen MR) is 108 cm³/mol. The molecule has 142 valence electrons. The van der Waals surface area contributed by atoms with Crippen molar-refractivity contribution < 1.29 is 9.53 Å². The lowest BCUT2D eigenvalue weighted by molar-refractivity contribution is 0.101. The molecular weight excluding hydrogens is 378 g/mol. The van der Waals surface area contributed by atoms with E-state index in [1.807, 2.05) is 48.9 Å². The van der Waals surface area contributed by atoms with E-state index >= 15 is 0 Å². The highest BCUT2D eigenvalue weighted by atomic mass is 35.5. The number of nitrogens with one attached hydrogen (secondary N) is 1. The summed E-state index contributed by atoms with van der Waals surface area (Å²) in [6.07, 6.45) is 1.69. The molecule has 0 fully saturated rings. The Morgan fingerprint density at radius 1 is 1.21 bits per heavy atom. The van der Waals surface area contributed by atoms with Crippen molar-refractivity contribution in [3.8, 4) is 5.75 Å². The number of ether oxygens (including phenoxy) is 1. The Morgan fingerprint density at radius 2 is 2.04 bits per heavy atom. The van der Waals surface area contributed by atoms with E-state index in [9.17, 15) is 4.79 Å². The third-order valence-electron chi connectivity index (χ3n) is 4.38. The van der Waals surface area contributed by atoms with Crippen LogP contribution in [-0.2, 0) is 13.8 Å². The fourth-order valence-electron chi connectivity index (χ4n) is 2.83. The number of amides is 1. The van der Waals surface area contributed by atoms with E-state index in [0.29, 0.717) is 16.7 Å². The molecule has 2 aromatic carbocycles. The summed E-state index contributed by atoms with van der Waals surface area (Å²) in [6.45, 7) is 2.09. The number of anilines is 1. The number of halogens is 1. The van der Waals surface area contributed by atoms with Crippen LogP contribution in [0, 0.1) is 6.92 Å². The third kappa shape index (κ3) is 3.57. The van der Waals surface area contributed by atoms with Crippen molar-refractivity contribution in [1.82, 2.24) is 19.3 Å². The molecule has 0 saturated carbocycles. The first-order valence-electron chi connectivity index (χ1n) is 8.66. The van der Waals surface area contributed by atoms with Crippen LogP contribution in [0.15, 0.2) is 54.7 Å². The summed E-state index contributed by atoms with van der Waals surface area (Å²) in [6, 6.07) is 14.7. The van der Waals surface area contributed by atoms with Crippen LogP contribution in [0.5, 0.6) is 5.75 Å². The summed E-state index contributed by atoms with van der Waals surface area (Å²) in [7, 11) is 1.85. The summed E-state index contributed by atoms with van der Waals surface area (Å²) >= 11 is 6.02. The normalized spacial score (nSPS) is 11.0. The van der Waals surface area contributed by atoms with Gasteiger partial charge in [-0.3, -0.25) is 10.1 Å². The molecule has 28 heavy (non-hydrogen) atoms. The third-order valence-corrected chi connectivity index (χ3v) is 4.80. The number of aromatic nitrogens is 4. The van der Waals surface area contributed by atoms with Crippen LogP contribution in [0.25, 0.3) is 11.0 Å². The zero-order valence-corrected chi connectivity index (χ0v) is 16.1. The molecule has 2 heterocycles. The van der Waals surface area contributed by atoms with E-state index in [1.54, 1.807) is 29.1 Å². The SMILES string of the molecule is Cc1cc(OCn2ccc(C(=O)Nc3nc4ccccc4n3C)n2)ccc1Cl. The number of benzene rings is 2. The zero-order valence-electron chi connectivity index (χ0n) is 15.4. The fraction of sp³-hybridized carbons (Fsp3) is 0.150. The molecule has 4 aromatic rings. The van der Waals surface area contributed by atoms with Crippen molar-refractivity contribution in [2.45, 2.75) is 13.7 Å².